The van der Waals surface area contributed by atoms with E-state index >= 15 is 0 Å². The minimum absolute atomic E-state index is 0.182. The molecule has 0 bridgehead atoms. The van der Waals surface area contributed by atoms with Gasteiger partial charge in [-0.05, 0) is 35.9 Å². The number of halogens is 1. The molecular formula is C20H19ClN4O4. The quantitative estimate of drug-likeness (QED) is 0.702. The van der Waals surface area contributed by atoms with Crippen molar-refractivity contribution in [2.24, 2.45) is 0 Å². The third-order valence-corrected chi connectivity index (χ3v) is 5.59. The van der Waals surface area contributed by atoms with Gasteiger partial charge >= 0.3 is 0 Å². The summed E-state index contributed by atoms with van der Waals surface area (Å²) in [6, 6.07) is 10.7. The number of hydrogen-bond acceptors (Lipinski definition) is 5. The first-order valence-corrected chi connectivity index (χ1v) is 9.24. The van der Waals surface area contributed by atoms with Crippen molar-refractivity contribution in [3.63, 3.8) is 0 Å². The number of fused-ring (bicyclic) bond motifs is 1. The Balaban J connectivity index is 1.79. The van der Waals surface area contributed by atoms with Crippen LogP contribution >= 0.6 is 11.6 Å². The van der Waals surface area contributed by atoms with Gasteiger partial charge in [0.05, 0.1) is 19.3 Å². The van der Waals surface area contributed by atoms with Crippen molar-refractivity contribution in [1.82, 2.24) is 10.2 Å². The summed E-state index contributed by atoms with van der Waals surface area (Å²) in [5, 5.41) is 22.1. The van der Waals surface area contributed by atoms with E-state index < -0.39 is 23.5 Å². The molecule has 0 spiro atoms. The minimum Gasteiger partial charge on any atom is -0.497 e. The second-order valence-electron chi connectivity index (χ2n) is 7.02. The lowest BCUT2D eigenvalue weighted by molar-refractivity contribution is -0.148. The summed E-state index contributed by atoms with van der Waals surface area (Å²) in [7, 11) is 3.05. The number of nitrogens with one attached hydrogen (secondary N) is 2. The number of guanidine groups is 1. The van der Waals surface area contributed by atoms with Crippen molar-refractivity contribution in [3.05, 3.63) is 58.6 Å². The molecule has 0 aliphatic carbocycles. The largest absolute Gasteiger partial charge is 0.497 e. The van der Waals surface area contributed by atoms with E-state index in [1.165, 1.54) is 22.9 Å². The fourth-order valence-electron chi connectivity index (χ4n) is 3.86. The Bertz CT molecular complexity index is 1030. The Hall–Kier alpha value is -3.10. The van der Waals surface area contributed by atoms with Crippen LogP contribution in [-0.2, 0) is 21.7 Å². The molecule has 1 saturated heterocycles. The van der Waals surface area contributed by atoms with Gasteiger partial charge in [0.25, 0.3) is 11.8 Å². The number of methoxy groups -OCH3 is 1. The van der Waals surface area contributed by atoms with Crippen LogP contribution in [0.15, 0.2) is 42.5 Å². The van der Waals surface area contributed by atoms with Gasteiger partial charge in [-0.15, -0.1) is 0 Å². The minimum atomic E-state index is -2.17. The van der Waals surface area contributed by atoms with Gasteiger partial charge in [0.15, 0.2) is 12.0 Å². The van der Waals surface area contributed by atoms with E-state index in [1.54, 1.807) is 31.4 Å². The second kappa shape index (κ2) is 6.75. The van der Waals surface area contributed by atoms with Crippen molar-refractivity contribution < 1.29 is 19.4 Å². The first kappa shape index (κ1) is 19.2. The molecule has 2 amide bonds. The number of anilines is 1. The monoisotopic (exact) mass is 414 g/mol. The van der Waals surface area contributed by atoms with Crippen LogP contribution in [-0.4, -0.2) is 48.0 Å². The zero-order chi connectivity index (χ0) is 20.9. The number of likely N-dealkylation sites (N-methyl/N-ethyl adjacent to an activating group) is 1. The summed E-state index contributed by atoms with van der Waals surface area (Å²) in [5.41, 5.74) is -0.641. The van der Waals surface area contributed by atoms with Gasteiger partial charge in [-0.3, -0.25) is 20.3 Å². The Kier molecular flexibility index (Phi) is 4.48. The highest BCUT2D eigenvalue weighted by Gasteiger charge is 2.61. The first-order chi connectivity index (χ1) is 13.8. The fraction of sp³-hybridized carbons (Fsp3) is 0.250. The Morgan fingerprint density at radius 2 is 1.93 bits per heavy atom. The fourth-order valence-corrected chi connectivity index (χ4v) is 4.03. The number of carbonyl (C=O) groups is 2. The lowest BCUT2D eigenvalue weighted by atomic mass is 9.86. The Morgan fingerprint density at radius 1 is 1.24 bits per heavy atom. The van der Waals surface area contributed by atoms with Crippen LogP contribution in [0.4, 0.5) is 5.69 Å². The van der Waals surface area contributed by atoms with Gasteiger partial charge in [-0.2, -0.15) is 0 Å². The SMILES string of the molecule is COc1ccc(CN2C(=O)C(O)(C3C(=O)NC(=N)N3C)c3cc(Cl)ccc32)cc1. The number of carbonyl (C=O) groups excluding carboxylic acids is 2. The van der Waals surface area contributed by atoms with Crippen LogP contribution in [0.25, 0.3) is 0 Å². The zero-order valence-electron chi connectivity index (χ0n) is 15.8. The smallest absolute Gasteiger partial charge is 0.266 e. The predicted octanol–water partition coefficient (Wildman–Crippen LogP) is 1.45. The Labute approximate surface area is 172 Å². The molecule has 2 atom stereocenters. The van der Waals surface area contributed by atoms with Gasteiger partial charge in [0.2, 0.25) is 5.60 Å². The number of hydrogen-bond donors (Lipinski definition) is 3. The number of nitrogens with zero attached hydrogens (tertiary/aromatic N) is 2. The normalized spacial score (nSPS) is 23.4. The van der Waals surface area contributed by atoms with E-state index in [-0.39, 0.29) is 18.1 Å². The number of amides is 2. The van der Waals surface area contributed by atoms with Gasteiger partial charge < -0.3 is 19.6 Å². The van der Waals surface area contributed by atoms with E-state index in [0.29, 0.717) is 16.5 Å². The molecule has 0 aromatic heterocycles. The molecule has 150 valence electrons. The molecule has 2 heterocycles. The van der Waals surface area contributed by atoms with E-state index in [0.717, 1.165) is 5.56 Å². The van der Waals surface area contributed by atoms with Crippen LogP contribution in [0.1, 0.15) is 11.1 Å². The highest BCUT2D eigenvalue weighted by Crippen LogP contribution is 2.46. The lowest BCUT2D eigenvalue weighted by Crippen LogP contribution is -2.55. The van der Waals surface area contributed by atoms with Crippen molar-refractivity contribution in [2.75, 3.05) is 19.1 Å². The van der Waals surface area contributed by atoms with Crippen molar-refractivity contribution >= 4 is 35.1 Å². The molecular weight excluding hydrogens is 396 g/mol. The standard InChI is InChI=1S/C20H19ClN4O4/c1-24-16(17(26)23-19(24)22)20(28)14-9-12(21)5-8-15(14)25(18(20)27)10-11-3-6-13(29-2)7-4-11/h3-9,16,28H,10H2,1-2H3,(H2,22,23,26). The van der Waals surface area contributed by atoms with Crippen LogP contribution in [0.5, 0.6) is 5.75 Å². The molecule has 9 heteroatoms. The second-order valence-corrected chi connectivity index (χ2v) is 7.45. The van der Waals surface area contributed by atoms with Crippen molar-refractivity contribution in [3.8, 4) is 5.75 Å². The van der Waals surface area contributed by atoms with Gasteiger partial charge in [0.1, 0.15) is 5.75 Å². The molecule has 4 rings (SSSR count). The van der Waals surface area contributed by atoms with Gasteiger partial charge in [0, 0.05) is 17.6 Å². The average molecular weight is 415 g/mol. The van der Waals surface area contributed by atoms with Gasteiger partial charge in [-0.1, -0.05) is 23.7 Å². The van der Waals surface area contributed by atoms with E-state index in [4.69, 9.17) is 21.7 Å². The van der Waals surface area contributed by atoms with Gasteiger partial charge in [-0.25, -0.2) is 0 Å². The molecule has 2 unspecified atom stereocenters. The maximum atomic E-state index is 13.4. The molecule has 8 nitrogen and oxygen atoms in total. The number of aliphatic hydroxyl groups is 1. The molecule has 3 N–H and O–H groups in total. The molecule has 2 aromatic carbocycles. The third-order valence-electron chi connectivity index (χ3n) is 5.36. The van der Waals surface area contributed by atoms with E-state index in [1.807, 2.05) is 12.1 Å². The molecule has 0 radical (unpaired) electrons. The van der Waals surface area contributed by atoms with Crippen molar-refractivity contribution in [1.29, 1.82) is 5.41 Å². The summed E-state index contributed by atoms with van der Waals surface area (Å²) in [5.74, 6) is -0.760. The lowest BCUT2D eigenvalue weighted by Gasteiger charge is -2.31. The highest BCUT2D eigenvalue weighted by molar-refractivity contribution is 6.31. The Morgan fingerprint density at radius 3 is 2.52 bits per heavy atom. The summed E-state index contributed by atoms with van der Waals surface area (Å²) < 4.78 is 5.16. The summed E-state index contributed by atoms with van der Waals surface area (Å²) >= 11 is 6.14. The summed E-state index contributed by atoms with van der Waals surface area (Å²) in [4.78, 5) is 28.6. The number of ether oxygens (including phenoxy) is 1. The molecule has 0 saturated carbocycles. The molecule has 2 aliphatic heterocycles. The third kappa shape index (κ3) is 2.83. The van der Waals surface area contributed by atoms with Crippen LogP contribution in [0.2, 0.25) is 5.02 Å². The van der Waals surface area contributed by atoms with E-state index in [9.17, 15) is 14.7 Å². The maximum absolute atomic E-state index is 13.4. The van der Waals surface area contributed by atoms with Crippen LogP contribution in [0.3, 0.4) is 0 Å². The number of benzene rings is 2. The molecule has 2 aromatic rings. The van der Waals surface area contributed by atoms with E-state index in [2.05, 4.69) is 5.32 Å². The summed E-state index contributed by atoms with van der Waals surface area (Å²) in [6.45, 7) is 0.190. The average Bonchev–Trinajstić information content (AvgIpc) is 3.07. The van der Waals surface area contributed by atoms with Crippen molar-refractivity contribution in [2.45, 2.75) is 18.2 Å². The van der Waals surface area contributed by atoms with Crippen LogP contribution < -0.4 is 15.0 Å². The molecule has 2 aliphatic rings. The topological polar surface area (TPSA) is 106 Å². The molecule has 29 heavy (non-hydrogen) atoms. The first-order valence-electron chi connectivity index (χ1n) is 8.87. The molecule has 1 fully saturated rings. The highest BCUT2D eigenvalue weighted by atomic mass is 35.5. The summed E-state index contributed by atoms with van der Waals surface area (Å²) in [6.07, 6.45) is 0. The maximum Gasteiger partial charge on any atom is 0.266 e. The van der Waals surface area contributed by atoms with Crippen LogP contribution in [0, 0.1) is 5.41 Å². The number of rotatable bonds is 4. The predicted molar refractivity (Wildman–Crippen MR) is 107 cm³/mol. The zero-order valence-corrected chi connectivity index (χ0v) is 16.5.